The fraction of sp³-hybridized carbons (Fsp3) is 0.176. The van der Waals surface area contributed by atoms with Gasteiger partial charge in [-0.1, -0.05) is 42.1 Å². The largest absolute Gasteiger partial charge is 0.293 e. The molecule has 3 aromatic rings. The van der Waals surface area contributed by atoms with Crippen molar-refractivity contribution in [3.63, 3.8) is 0 Å². The Labute approximate surface area is 142 Å². The molecule has 0 saturated carbocycles. The van der Waals surface area contributed by atoms with Crippen molar-refractivity contribution < 1.29 is 9.18 Å². The van der Waals surface area contributed by atoms with Crippen LogP contribution >= 0.6 is 11.8 Å². The number of benzene rings is 2. The summed E-state index contributed by atoms with van der Waals surface area (Å²) in [5.74, 6) is -0.462. The summed E-state index contributed by atoms with van der Waals surface area (Å²) < 4.78 is 14.9. The third-order valence-electron chi connectivity index (χ3n) is 3.57. The van der Waals surface area contributed by atoms with Crippen LogP contribution < -0.4 is 0 Å². The molecule has 2 aromatic carbocycles. The first kappa shape index (κ1) is 16.3. The quantitative estimate of drug-likeness (QED) is 0.525. The van der Waals surface area contributed by atoms with E-state index in [9.17, 15) is 9.18 Å². The van der Waals surface area contributed by atoms with E-state index in [2.05, 4.69) is 15.5 Å². The minimum absolute atomic E-state index is 0.134. The third kappa shape index (κ3) is 3.35. The number of nitrogens with zero attached hydrogens (tertiary/aromatic N) is 4. The number of hydrogen-bond donors (Lipinski definition) is 0. The maximum Gasteiger partial charge on any atom is 0.214 e. The summed E-state index contributed by atoms with van der Waals surface area (Å²) in [7, 11) is 0. The van der Waals surface area contributed by atoms with E-state index in [1.54, 1.807) is 10.7 Å². The molecule has 0 atom stereocenters. The van der Waals surface area contributed by atoms with Crippen molar-refractivity contribution in [1.82, 2.24) is 20.2 Å². The molecule has 122 valence electrons. The number of ketones is 1. The average Bonchev–Trinajstić information content (AvgIpc) is 3.00. The molecule has 0 aliphatic rings. The van der Waals surface area contributed by atoms with Gasteiger partial charge in [-0.25, -0.2) is 4.39 Å². The lowest BCUT2D eigenvalue weighted by atomic mass is 10.1. The summed E-state index contributed by atoms with van der Waals surface area (Å²) in [6, 6.07) is 11.6. The Hall–Kier alpha value is -2.54. The van der Waals surface area contributed by atoms with Gasteiger partial charge in [0.15, 0.2) is 5.78 Å². The van der Waals surface area contributed by atoms with Crippen molar-refractivity contribution in [2.75, 3.05) is 5.75 Å². The van der Waals surface area contributed by atoms with E-state index in [1.165, 1.54) is 30.0 Å². The number of tetrazole rings is 1. The van der Waals surface area contributed by atoms with Crippen LogP contribution in [-0.2, 0) is 0 Å². The van der Waals surface area contributed by atoms with Crippen molar-refractivity contribution >= 4 is 17.5 Å². The number of rotatable bonds is 5. The fourth-order valence-corrected chi connectivity index (χ4v) is 3.20. The molecule has 0 aliphatic heterocycles. The predicted octanol–water partition coefficient (Wildman–Crippen LogP) is 3.39. The van der Waals surface area contributed by atoms with Crippen LogP contribution in [0.2, 0.25) is 0 Å². The average molecular weight is 342 g/mol. The lowest BCUT2D eigenvalue weighted by molar-refractivity contribution is 0.102. The van der Waals surface area contributed by atoms with Gasteiger partial charge in [-0.05, 0) is 47.5 Å². The maximum atomic E-state index is 13.2. The van der Waals surface area contributed by atoms with E-state index in [1.807, 2.05) is 32.0 Å². The van der Waals surface area contributed by atoms with Gasteiger partial charge in [0.25, 0.3) is 0 Å². The molecule has 0 N–H and O–H groups in total. The standard InChI is InChI=1S/C17H15FN4OS/c1-11-5-3-6-12(2)16(11)22-17(19-20-21-22)24-10-15(23)13-7-4-8-14(18)9-13/h3-9H,10H2,1-2H3. The first-order chi connectivity index (χ1) is 11.6. The zero-order chi connectivity index (χ0) is 17.1. The van der Waals surface area contributed by atoms with Gasteiger partial charge in [0.05, 0.1) is 11.4 Å². The van der Waals surface area contributed by atoms with Crippen LogP contribution in [0.25, 0.3) is 5.69 Å². The highest BCUT2D eigenvalue weighted by molar-refractivity contribution is 7.99. The second kappa shape index (κ2) is 6.92. The zero-order valence-corrected chi connectivity index (χ0v) is 14.0. The summed E-state index contributed by atoms with van der Waals surface area (Å²) in [4.78, 5) is 12.2. The van der Waals surface area contributed by atoms with E-state index in [0.29, 0.717) is 10.7 Å². The molecule has 24 heavy (non-hydrogen) atoms. The van der Waals surface area contributed by atoms with Crippen LogP contribution in [0.4, 0.5) is 4.39 Å². The summed E-state index contributed by atoms with van der Waals surface area (Å²) in [5.41, 5.74) is 3.33. The van der Waals surface area contributed by atoms with Crippen LogP contribution in [0.3, 0.4) is 0 Å². The molecule has 0 fully saturated rings. The van der Waals surface area contributed by atoms with Crippen molar-refractivity contribution in [2.24, 2.45) is 0 Å². The minimum atomic E-state index is -0.425. The maximum absolute atomic E-state index is 13.2. The number of para-hydroxylation sites is 1. The van der Waals surface area contributed by atoms with E-state index in [-0.39, 0.29) is 11.5 Å². The number of halogens is 1. The van der Waals surface area contributed by atoms with Crippen molar-refractivity contribution in [2.45, 2.75) is 19.0 Å². The molecule has 0 saturated heterocycles. The molecule has 3 rings (SSSR count). The number of carbonyl (C=O) groups is 1. The van der Waals surface area contributed by atoms with Crippen LogP contribution in [0.1, 0.15) is 21.5 Å². The molecule has 1 aromatic heterocycles. The molecule has 0 bridgehead atoms. The molecular weight excluding hydrogens is 327 g/mol. The lowest BCUT2D eigenvalue weighted by Crippen LogP contribution is -2.07. The van der Waals surface area contributed by atoms with Crippen molar-refractivity contribution in [3.8, 4) is 5.69 Å². The minimum Gasteiger partial charge on any atom is -0.293 e. The number of thioether (sulfide) groups is 1. The van der Waals surface area contributed by atoms with Gasteiger partial charge in [0.1, 0.15) is 5.82 Å². The normalized spacial score (nSPS) is 10.8. The summed E-state index contributed by atoms with van der Waals surface area (Å²) >= 11 is 1.23. The fourth-order valence-electron chi connectivity index (χ4n) is 2.42. The Balaban J connectivity index is 1.81. The summed E-state index contributed by atoms with van der Waals surface area (Å²) in [6.07, 6.45) is 0. The predicted molar refractivity (Wildman–Crippen MR) is 90.1 cm³/mol. The molecule has 0 amide bonds. The number of carbonyl (C=O) groups excluding carboxylic acids is 1. The summed E-state index contributed by atoms with van der Waals surface area (Å²) in [6.45, 7) is 3.96. The van der Waals surface area contributed by atoms with Crippen LogP contribution in [0.15, 0.2) is 47.6 Å². The topological polar surface area (TPSA) is 60.7 Å². The molecule has 0 unspecified atom stereocenters. The molecular formula is C17H15FN4OS. The van der Waals surface area contributed by atoms with E-state index >= 15 is 0 Å². The van der Waals surface area contributed by atoms with E-state index in [0.717, 1.165) is 16.8 Å². The molecule has 5 nitrogen and oxygen atoms in total. The highest BCUT2D eigenvalue weighted by Gasteiger charge is 2.15. The van der Waals surface area contributed by atoms with Gasteiger partial charge < -0.3 is 0 Å². The Morgan fingerprint density at radius 3 is 2.58 bits per heavy atom. The van der Waals surface area contributed by atoms with Gasteiger partial charge in [-0.15, -0.1) is 5.10 Å². The second-order valence-electron chi connectivity index (χ2n) is 5.34. The second-order valence-corrected chi connectivity index (χ2v) is 6.28. The lowest BCUT2D eigenvalue weighted by Gasteiger charge is -2.10. The van der Waals surface area contributed by atoms with E-state index < -0.39 is 5.82 Å². The van der Waals surface area contributed by atoms with Crippen molar-refractivity contribution in [1.29, 1.82) is 0 Å². The number of Topliss-reactive ketones (excluding diaryl/α,β-unsaturated/α-hetero) is 1. The third-order valence-corrected chi connectivity index (χ3v) is 4.49. The Morgan fingerprint density at radius 1 is 1.17 bits per heavy atom. The molecule has 7 heteroatoms. The van der Waals surface area contributed by atoms with E-state index in [4.69, 9.17) is 0 Å². The number of aryl methyl sites for hydroxylation is 2. The molecule has 0 aliphatic carbocycles. The molecule has 0 spiro atoms. The van der Waals surface area contributed by atoms with Gasteiger partial charge in [-0.2, -0.15) is 4.68 Å². The van der Waals surface area contributed by atoms with Crippen molar-refractivity contribution in [3.05, 3.63) is 65.0 Å². The smallest absolute Gasteiger partial charge is 0.214 e. The van der Waals surface area contributed by atoms with Gasteiger partial charge in [0.2, 0.25) is 5.16 Å². The van der Waals surface area contributed by atoms with Crippen LogP contribution in [0, 0.1) is 19.7 Å². The van der Waals surface area contributed by atoms with Gasteiger partial charge >= 0.3 is 0 Å². The monoisotopic (exact) mass is 342 g/mol. The van der Waals surface area contributed by atoms with Crippen LogP contribution in [0.5, 0.6) is 0 Å². The van der Waals surface area contributed by atoms with Crippen LogP contribution in [-0.4, -0.2) is 31.7 Å². The molecule has 1 heterocycles. The number of aromatic nitrogens is 4. The first-order valence-corrected chi connectivity index (χ1v) is 8.31. The SMILES string of the molecule is Cc1cccc(C)c1-n1nnnc1SCC(=O)c1cccc(F)c1. The Morgan fingerprint density at radius 2 is 1.88 bits per heavy atom. The van der Waals surface area contributed by atoms with Gasteiger partial charge in [0, 0.05) is 5.56 Å². The first-order valence-electron chi connectivity index (χ1n) is 7.33. The number of hydrogen-bond acceptors (Lipinski definition) is 5. The Bertz CT molecular complexity index is 874. The Kier molecular flexibility index (Phi) is 4.71. The highest BCUT2D eigenvalue weighted by atomic mass is 32.2. The van der Waals surface area contributed by atoms with Gasteiger partial charge in [-0.3, -0.25) is 4.79 Å². The summed E-state index contributed by atoms with van der Waals surface area (Å²) in [5, 5.41) is 12.3. The molecule has 0 radical (unpaired) electrons. The zero-order valence-electron chi connectivity index (χ0n) is 13.2. The highest BCUT2D eigenvalue weighted by Crippen LogP contribution is 2.24.